The quantitative estimate of drug-likeness (QED) is 0.224. The first-order valence-corrected chi connectivity index (χ1v) is 13.9. The van der Waals surface area contributed by atoms with Gasteiger partial charge >= 0.3 is 0 Å². The molecule has 4 rings (SSSR count). The molecule has 0 aliphatic carbocycles. The van der Waals surface area contributed by atoms with Crippen molar-refractivity contribution in [2.75, 3.05) is 10.6 Å². The summed E-state index contributed by atoms with van der Waals surface area (Å²) in [6.45, 7) is 2.62. The highest BCUT2D eigenvalue weighted by atomic mass is 32.2. The largest absolute Gasteiger partial charge is 0.489 e. The Morgan fingerprint density at radius 1 is 0.868 bits per heavy atom. The number of carbonyl (C=O) groups is 1. The first kappa shape index (κ1) is 26.6. The number of rotatable bonds is 10. The summed E-state index contributed by atoms with van der Waals surface area (Å²) in [7, 11) is -3.66. The third-order valence-corrected chi connectivity index (χ3v) is 6.90. The molecule has 4 aromatic rings. The van der Waals surface area contributed by atoms with Crippen molar-refractivity contribution in [2.24, 2.45) is 5.10 Å². The predicted octanol–water partition coefficient (Wildman–Crippen LogP) is 5.30. The molecule has 0 spiro atoms. The zero-order valence-corrected chi connectivity index (χ0v) is 22.1. The molecule has 0 heterocycles. The number of hydrazone groups is 1. The lowest BCUT2D eigenvalue weighted by Gasteiger charge is -2.24. The van der Waals surface area contributed by atoms with Crippen molar-refractivity contribution in [3.63, 3.8) is 0 Å². The standard InChI is InChI=1S/C30H29N3O4S/c1-23-12-14-26(15-13-23)22-37-27-18-16-24(17-19-27)20-31-32-30(34)28-10-6-7-11-29(28)33(38(2,35)36)21-25-8-4-3-5-9-25/h3-20H,21-22H2,1-2H3,(H,32,34)/b31-20+. The van der Waals surface area contributed by atoms with Crippen LogP contribution in [0.1, 0.15) is 32.6 Å². The van der Waals surface area contributed by atoms with E-state index in [1.54, 1.807) is 24.3 Å². The van der Waals surface area contributed by atoms with Crippen molar-refractivity contribution < 1.29 is 17.9 Å². The topological polar surface area (TPSA) is 88.1 Å². The molecular formula is C30H29N3O4S. The Morgan fingerprint density at radius 3 is 2.21 bits per heavy atom. The molecule has 0 aliphatic rings. The summed E-state index contributed by atoms with van der Waals surface area (Å²) in [6.07, 6.45) is 2.64. The molecule has 4 aromatic carbocycles. The number of para-hydroxylation sites is 1. The van der Waals surface area contributed by atoms with Crippen molar-refractivity contribution in [2.45, 2.75) is 20.1 Å². The van der Waals surface area contributed by atoms with Gasteiger partial charge in [0.1, 0.15) is 12.4 Å². The van der Waals surface area contributed by atoms with Gasteiger partial charge in [0, 0.05) is 0 Å². The van der Waals surface area contributed by atoms with Crippen LogP contribution in [0.5, 0.6) is 5.75 Å². The van der Waals surface area contributed by atoms with Crippen LogP contribution in [0.15, 0.2) is 108 Å². The van der Waals surface area contributed by atoms with Gasteiger partial charge in [-0.1, -0.05) is 72.3 Å². The van der Waals surface area contributed by atoms with Gasteiger partial charge in [-0.05, 0) is 60.0 Å². The number of benzene rings is 4. The number of anilines is 1. The lowest BCUT2D eigenvalue weighted by Crippen LogP contribution is -2.32. The van der Waals surface area contributed by atoms with Crippen LogP contribution in [-0.4, -0.2) is 26.8 Å². The zero-order valence-electron chi connectivity index (χ0n) is 21.2. The number of nitrogens with one attached hydrogen (secondary N) is 1. The molecule has 0 atom stereocenters. The van der Waals surface area contributed by atoms with Crippen LogP contribution < -0.4 is 14.5 Å². The van der Waals surface area contributed by atoms with Gasteiger partial charge in [-0.25, -0.2) is 13.8 Å². The summed E-state index contributed by atoms with van der Waals surface area (Å²) in [5.41, 5.74) is 6.84. The summed E-state index contributed by atoms with van der Waals surface area (Å²) in [5, 5.41) is 4.06. The van der Waals surface area contributed by atoms with E-state index in [1.165, 1.54) is 16.1 Å². The fraction of sp³-hybridized carbons (Fsp3) is 0.133. The fourth-order valence-electron chi connectivity index (χ4n) is 3.74. The van der Waals surface area contributed by atoms with Gasteiger partial charge in [0.2, 0.25) is 10.0 Å². The summed E-state index contributed by atoms with van der Waals surface area (Å²) in [6, 6.07) is 31.3. The summed E-state index contributed by atoms with van der Waals surface area (Å²) in [5.74, 6) is 0.205. The molecule has 194 valence electrons. The number of ether oxygens (including phenoxy) is 1. The van der Waals surface area contributed by atoms with Gasteiger partial charge in [0.15, 0.2) is 0 Å². The third kappa shape index (κ3) is 7.30. The van der Waals surface area contributed by atoms with E-state index in [0.29, 0.717) is 6.61 Å². The molecule has 38 heavy (non-hydrogen) atoms. The molecule has 0 fully saturated rings. The average Bonchev–Trinajstić information content (AvgIpc) is 2.92. The summed E-state index contributed by atoms with van der Waals surface area (Å²) in [4.78, 5) is 13.0. The Balaban J connectivity index is 1.41. The highest BCUT2D eigenvalue weighted by Crippen LogP contribution is 2.25. The predicted molar refractivity (Wildman–Crippen MR) is 151 cm³/mol. The number of hydrogen-bond donors (Lipinski definition) is 1. The van der Waals surface area contributed by atoms with E-state index in [2.05, 4.69) is 10.5 Å². The van der Waals surface area contributed by atoms with Crippen molar-refractivity contribution >= 4 is 27.8 Å². The third-order valence-electron chi connectivity index (χ3n) is 5.77. The van der Waals surface area contributed by atoms with E-state index in [9.17, 15) is 13.2 Å². The lowest BCUT2D eigenvalue weighted by atomic mass is 10.1. The van der Waals surface area contributed by atoms with Gasteiger partial charge in [0.05, 0.1) is 30.3 Å². The average molecular weight is 528 g/mol. The Labute approximate surface area is 223 Å². The van der Waals surface area contributed by atoms with Crippen LogP contribution >= 0.6 is 0 Å². The molecule has 7 nitrogen and oxygen atoms in total. The van der Waals surface area contributed by atoms with Crippen molar-refractivity contribution in [1.82, 2.24) is 5.43 Å². The van der Waals surface area contributed by atoms with Crippen LogP contribution in [0.4, 0.5) is 5.69 Å². The second kappa shape index (κ2) is 12.2. The number of amides is 1. The van der Waals surface area contributed by atoms with Gasteiger partial charge in [-0.15, -0.1) is 0 Å². The van der Waals surface area contributed by atoms with E-state index in [1.807, 2.05) is 85.8 Å². The number of aryl methyl sites for hydroxylation is 1. The van der Waals surface area contributed by atoms with Crippen LogP contribution in [0.25, 0.3) is 0 Å². The zero-order chi connectivity index (χ0) is 27.0. The maximum atomic E-state index is 13.0. The Kier molecular flexibility index (Phi) is 8.55. The maximum Gasteiger partial charge on any atom is 0.273 e. The lowest BCUT2D eigenvalue weighted by molar-refractivity contribution is 0.0955. The summed E-state index contributed by atoms with van der Waals surface area (Å²) < 4.78 is 32.3. The van der Waals surface area contributed by atoms with E-state index in [-0.39, 0.29) is 17.8 Å². The second-order valence-corrected chi connectivity index (χ2v) is 10.7. The van der Waals surface area contributed by atoms with E-state index >= 15 is 0 Å². The Hall–Kier alpha value is -4.43. The van der Waals surface area contributed by atoms with Crippen LogP contribution in [0, 0.1) is 6.92 Å². The van der Waals surface area contributed by atoms with Crippen LogP contribution in [-0.2, 0) is 23.2 Å². The molecule has 8 heteroatoms. The van der Waals surface area contributed by atoms with Crippen LogP contribution in [0.3, 0.4) is 0 Å². The molecule has 0 radical (unpaired) electrons. The molecular weight excluding hydrogens is 498 g/mol. The number of hydrogen-bond acceptors (Lipinski definition) is 5. The number of carbonyl (C=O) groups excluding carboxylic acids is 1. The highest BCUT2D eigenvalue weighted by molar-refractivity contribution is 7.92. The van der Waals surface area contributed by atoms with Gasteiger partial charge in [0.25, 0.3) is 5.91 Å². The van der Waals surface area contributed by atoms with Gasteiger partial charge in [-0.2, -0.15) is 5.10 Å². The molecule has 0 unspecified atom stereocenters. The molecule has 0 aliphatic heterocycles. The van der Waals surface area contributed by atoms with Crippen LogP contribution in [0.2, 0.25) is 0 Å². The Bertz CT molecular complexity index is 1500. The van der Waals surface area contributed by atoms with Crippen molar-refractivity contribution in [1.29, 1.82) is 0 Å². The monoisotopic (exact) mass is 527 g/mol. The number of nitrogens with zero attached hydrogens (tertiary/aromatic N) is 2. The minimum Gasteiger partial charge on any atom is -0.489 e. The van der Waals surface area contributed by atoms with E-state index in [4.69, 9.17) is 4.74 Å². The van der Waals surface area contributed by atoms with Gasteiger partial charge in [-0.3, -0.25) is 9.10 Å². The van der Waals surface area contributed by atoms with Crippen molar-refractivity contribution in [3.8, 4) is 5.75 Å². The normalized spacial score (nSPS) is 11.3. The van der Waals surface area contributed by atoms with E-state index in [0.717, 1.165) is 28.7 Å². The minimum atomic E-state index is -3.66. The molecule has 0 aromatic heterocycles. The highest BCUT2D eigenvalue weighted by Gasteiger charge is 2.23. The second-order valence-electron chi connectivity index (χ2n) is 8.81. The maximum absolute atomic E-state index is 13.0. The molecule has 1 N–H and O–H groups in total. The van der Waals surface area contributed by atoms with E-state index < -0.39 is 15.9 Å². The first-order valence-electron chi connectivity index (χ1n) is 12.0. The minimum absolute atomic E-state index is 0.103. The van der Waals surface area contributed by atoms with Crippen molar-refractivity contribution in [3.05, 3.63) is 131 Å². The molecule has 1 amide bonds. The fourth-order valence-corrected chi connectivity index (χ4v) is 4.64. The van der Waals surface area contributed by atoms with Gasteiger partial charge < -0.3 is 4.74 Å². The molecule has 0 bridgehead atoms. The summed E-state index contributed by atoms with van der Waals surface area (Å²) >= 11 is 0. The SMILES string of the molecule is Cc1ccc(COc2ccc(/C=N/NC(=O)c3ccccc3N(Cc3ccccc3)S(C)(=O)=O)cc2)cc1. The molecule has 0 saturated heterocycles. The Morgan fingerprint density at radius 2 is 1.53 bits per heavy atom. The first-order chi connectivity index (χ1) is 18.3. The smallest absolute Gasteiger partial charge is 0.273 e. The molecule has 0 saturated carbocycles. The number of sulfonamides is 1.